The van der Waals surface area contributed by atoms with E-state index >= 15 is 0 Å². The summed E-state index contributed by atoms with van der Waals surface area (Å²) in [6.07, 6.45) is 0. The molecule has 3 aromatic carbocycles. The van der Waals surface area contributed by atoms with Crippen LogP contribution in [0.4, 0.5) is 0 Å². The first-order chi connectivity index (χ1) is 15.9. The van der Waals surface area contributed by atoms with Gasteiger partial charge in [0.15, 0.2) is 0 Å². The smallest absolute Gasteiger partial charge is 0.0313 e. The van der Waals surface area contributed by atoms with Gasteiger partial charge in [0.2, 0.25) is 0 Å². The minimum absolute atomic E-state index is 0. The number of benzene rings is 3. The summed E-state index contributed by atoms with van der Waals surface area (Å²) in [5.41, 5.74) is 19.5. The van der Waals surface area contributed by atoms with Gasteiger partial charge >= 0.3 is 0 Å². The maximum absolute atomic E-state index is 3.53. The molecule has 0 spiro atoms. The molecule has 0 saturated carbocycles. The van der Waals surface area contributed by atoms with Crippen molar-refractivity contribution in [3.8, 4) is 23.7 Å². The van der Waals surface area contributed by atoms with Crippen LogP contribution < -0.4 is 0 Å². The molecule has 0 heterocycles. The van der Waals surface area contributed by atoms with Crippen LogP contribution in [0.2, 0.25) is 0 Å². The molecule has 0 aliphatic rings. The van der Waals surface area contributed by atoms with Gasteiger partial charge in [-0.1, -0.05) is 56.9 Å². The molecular formula is C34H37Y-. The van der Waals surface area contributed by atoms with Gasteiger partial charge in [0, 0.05) is 49.4 Å². The van der Waals surface area contributed by atoms with E-state index < -0.39 is 0 Å². The fourth-order valence-electron chi connectivity index (χ4n) is 4.60. The van der Waals surface area contributed by atoms with Crippen molar-refractivity contribution in [3.05, 3.63) is 101 Å². The van der Waals surface area contributed by atoms with E-state index in [1.54, 1.807) is 0 Å². The van der Waals surface area contributed by atoms with Crippen molar-refractivity contribution >= 4 is 0 Å². The SMILES string of the molecule is Cc1[c-]c(C)c(C)c(C#Cc2c(C)c(C)c(C#Cc3cc(C)c(C)c(C)c3C)c(C)c2C)c1C.[Y]. The summed E-state index contributed by atoms with van der Waals surface area (Å²) in [6, 6.07) is 5.68. The van der Waals surface area contributed by atoms with Crippen molar-refractivity contribution in [1.82, 2.24) is 0 Å². The van der Waals surface area contributed by atoms with E-state index in [4.69, 9.17) is 0 Å². The van der Waals surface area contributed by atoms with Crippen LogP contribution in [0.1, 0.15) is 89.0 Å². The molecule has 0 saturated heterocycles. The summed E-state index contributed by atoms with van der Waals surface area (Å²) in [5.74, 6) is 14.1. The zero-order valence-electron chi connectivity index (χ0n) is 23.7. The fraction of sp³-hybridized carbons (Fsp3) is 0.353. The molecular weight excluding hydrogens is 497 g/mol. The van der Waals surface area contributed by atoms with Gasteiger partial charge in [0.05, 0.1) is 0 Å². The second kappa shape index (κ2) is 11.3. The van der Waals surface area contributed by atoms with Gasteiger partial charge in [0.25, 0.3) is 0 Å². The molecule has 35 heavy (non-hydrogen) atoms. The predicted molar refractivity (Wildman–Crippen MR) is 147 cm³/mol. The van der Waals surface area contributed by atoms with Gasteiger partial charge in [0.1, 0.15) is 0 Å². The molecule has 0 bridgehead atoms. The number of aryl methyl sites for hydroxylation is 3. The standard InChI is InChI=1S/C34H37.Y/c1-19-17-20(2)24(6)32(23(19)5)15-16-34-29(11)27(9)33(28(10)30(34)12)14-13-31-18-21(3)22(4)25(7)26(31)8;/h18H,1-12H3;/q-1;. The van der Waals surface area contributed by atoms with Gasteiger partial charge in [-0.25, -0.2) is 0 Å². The molecule has 0 aromatic heterocycles. The normalized spacial score (nSPS) is 10.2. The number of hydrogen-bond acceptors (Lipinski definition) is 0. The molecule has 177 valence electrons. The second-order valence-corrected chi connectivity index (χ2v) is 9.87. The van der Waals surface area contributed by atoms with E-state index in [2.05, 4.69) is 119 Å². The average molecular weight is 535 g/mol. The molecule has 1 radical (unpaired) electrons. The summed E-state index contributed by atoms with van der Waals surface area (Å²) in [6.45, 7) is 26.0. The third kappa shape index (κ3) is 5.51. The van der Waals surface area contributed by atoms with Crippen molar-refractivity contribution in [2.24, 2.45) is 0 Å². The molecule has 0 atom stereocenters. The summed E-state index contributed by atoms with van der Waals surface area (Å²) in [4.78, 5) is 0. The average Bonchev–Trinajstić information content (AvgIpc) is 2.80. The van der Waals surface area contributed by atoms with E-state index in [9.17, 15) is 0 Å². The van der Waals surface area contributed by atoms with Crippen molar-refractivity contribution < 1.29 is 32.7 Å². The summed E-state index contributed by atoms with van der Waals surface area (Å²) < 4.78 is 0. The molecule has 0 fully saturated rings. The van der Waals surface area contributed by atoms with Gasteiger partial charge in [-0.2, -0.15) is 17.2 Å². The predicted octanol–water partition coefficient (Wildman–Crippen LogP) is 7.98. The number of rotatable bonds is 0. The zero-order chi connectivity index (χ0) is 25.5. The maximum Gasteiger partial charge on any atom is 0.0313 e. The molecule has 0 amide bonds. The molecule has 0 nitrogen and oxygen atoms in total. The van der Waals surface area contributed by atoms with Crippen molar-refractivity contribution in [3.63, 3.8) is 0 Å². The third-order valence-electron chi connectivity index (χ3n) is 7.99. The van der Waals surface area contributed by atoms with Crippen LogP contribution in [-0.4, -0.2) is 0 Å². The Labute approximate surface area is 239 Å². The van der Waals surface area contributed by atoms with Crippen LogP contribution in [0.25, 0.3) is 0 Å². The Bertz CT molecular complexity index is 1400. The summed E-state index contributed by atoms with van der Waals surface area (Å²) in [5, 5.41) is 0. The van der Waals surface area contributed by atoms with E-state index in [0.29, 0.717) is 0 Å². The van der Waals surface area contributed by atoms with Gasteiger partial charge in [-0.15, -0.1) is 11.1 Å². The van der Waals surface area contributed by atoms with Crippen LogP contribution in [-0.2, 0) is 32.7 Å². The van der Waals surface area contributed by atoms with Crippen LogP contribution in [0.15, 0.2) is 6.07 Å². The Morgan fingerprint density at radius 1 is 0.429 bits per heavy atom. The maximum atomic E-state index is 3.53. The summed E-state index contributed by atoms with van der Waals surface area (Å²) >= 11 is 0. The van der Waals surface area contributed by atoms with E-state index in [1.807, 2.05) is 0 Å². The Balaban J connectivity index is 0.00000432. The minimum Gasteiger partial charge on any atom is -0.177 e. The molecule has 1 heteroatoms. The van der Waals surface area contributed by atoms with Crippen LogP contribution >= 0.6 is 0 Å². The van der Waals surface area contributed by atoms with Crippen LogP contribution in [0.5, 0.6) is 0 Å². The molecule has 0 unspecified atom stereocenters. The molecule has 3 aromatic rings. The van der Waals surface area contributed by atoms with Crippen molar-refractivity contribution in [2.45, 2.75) is 83.1 Å². The van der Waals surface area contributed by atoms with E-state index in [1.165, 1.54) is 66.8 Å². The minimum atomic E-state index is 0. The van der Waals surface area contributed by atoms with Crippen LogP contribution in [0.3, 0.4) is 0 Å². The quantitative estimate of drug-likeness (QED) is 0.203. The van der Waals surface area contributed by atoms with Gasteiger partial charge < -0.3 is 0 Å². The topological polar surface area (TPSA) is 0 Å². The van der Waals surface area contributed by atoms with Crippen molar-refractivity contribution in [1.29, 1.82) is 0 Å². The Hall–Kier alpha value is -2.12. The first-order valence-corrected chi connectivity index (χ1v) is 12.1. The van der Waals surface area contributed by atoms with Crippen LogP contribution in [0, 0.1) is 113 Å². The van der Waals surface area contributed by atoms with E-state index in [0.717, 1.165) is 22.3 Å². The second-order valence-electron chi connectivity index (χ2n) is 9.87. The zero-order valence-corrected chi connectivity index (χ0v) is 26.5. The Morgan fingerprint density at radius 2 is 0.800 bits per heavy atom. The Morgan fingerprint density at radius 3 is 1.23 bits per heavy atom. The molecule has 0 aliphatic carbocycles. The summed E-state index contributed by atoms with van der Waals surface area (Å²) in [7, 11) is 0. The van der Waals surface area contributed by atoms with Gasteiger partial charge in [-0.3, -0.25) is 0 Å². The van der Waals surface area contributed by atoms with Crippen molar-refractivity contribution in [2.75, 3.05) is 0 Å². The molecule has 3 rings (SSSR count). The molecule has 0 N–H and O–H groups in total. The largest absolute Gasteiger partial charge is 0.177 e. The fourth-order valence-corrected chi connectivity index (χ4v) is 4.60. The molecule has 0 aliphatic heterocycles. The monoisotopic (exact) mass is 534 g/mol. The first kappa shape index (κ1) is 29.1. The first-order valence-electron chi connectivity index (χ1n) is 12.1. The third-order valence-corrected chi connectivity index (χ3v) is 7.99. The Kier molecular flexibility index (Phi) is 9.40. The van der Waals surface area contributed by atoms with E-state index in [-0.39, 0.29) is 32.7 Å². The van der Waals surface area contributed by atoms with Gasteiger partial charge in [-0.05, 0) is 106 Å². The number of hydrogen-bond donors (Lipinski definition) is 0.